The number of fused-ring (bicyclic) bond motifs is 2. The molecule has 7 heteroatoms. The van der Waals surface area contributed by atoms with Crippen molar-refractivity contribution in [3.63, 3.8) is 0 Å². The van der Waals surface area contributed by atoms with Gasteiger partial charge in [-0.2, -0.15) is 5.10 Å². The summed E-state index contributed by atoms with van der Waals surface area (Å²) in [5, 5.41) is 8.89. The number of Topliss-reactive ketones (excluding diaryl/α,β-unsaturated/α-hetero) is 1. The molecule has 1 aromatic heterocycles. The number of hydrogen-bond acceptors (Lipinski definition) is 6. The first kappa shape index (κ1) is 18.3. The third-order valence-electron chi connectivity index (χ3n) is 6.08. The lowest BCUT2D eigenvalue weighted by molar-refractivity contribution is -0.149. The molecule has 2 fully saturated rings. The molecular formula is C20H29N5O2. The van der Waals surface area contributed by atoms with Crippen LogP contribution in [0.5, 0.6) is 0 Å². The van der Waals surface area contributed by atoms with Gasteiger partial charge in [-0.1, -0.05) is 20.8 Å². The smallest absolute Gasteiger partial charge is 0.290 e. The van der Waals surface area contributed by atoms with E-state index in [2.05, 4.69) is 33.1 Å². The molecule has 0 radical (unpaired) electrons. The monoisotopic (exact) mass is 371 g/mol. The average molecular weight is 371 g/mol. The van der Waals surface area contributed by atoms with Crippen LogP contribution in [0.4, 0.5) is 5.82 Å². The van der Waals surface area contributed by atoms with Crippen LogP contribution in [0.2, 0.25) is 0 Å². The number of nitrogens with zero attached hydrogens (tertiary/aromatic N) is 5. The van der Waals surface area contributed by atoms with E-state index in [1.54, 1.807) is 25.7 Å². The Morgan fingerprint density at radius 1 is 1.07 bits per heavy atom. The fourth-order valence-corrected chi connectivity index (χ4v) is 4.52. The van der Waals surface area contributed by atoms with Crippen LogP contribution < -0.4 is 4.90 Å². The molecule has 0 bridgehead atoms. The van der Waals surface area contributed by atoms with Crippen LogP contribution in [0.25, 0.3) is 0 Å². The Kier molecular flexibility index (Phi) is 4.45. The number of carbonyl (C=O) groups is 2. The summed E-state index contributed by atoms with van der Waals surface area (Å²) < 4.78 is 0. The zero-order chi connectivity index (χ0) is 19.3. The number of ketones is 1. The van der Waals surface area contributed by atoms with Gasteiger partial charge in [-0.15, -0.1) is 5.10 Å². The van der Waals surface area contributed by atoms with Crippen LogP contribution >= 0.6 is 0 Å². The van der Waals surface area contributed by atoms with Crippen LogP contribution in [0.3, 0.4) is 0 Å². The number of aromatic nitrogens is 2. The summed E-state index contributed by atoms with van der Waals surface area (Å²) in [5.74, 6) is 1.60. The highest BCUT2D eigenvalue weighted by molar-refractivity contribution is 6.37. The van der Waals surface area contributed by atoms with E-state index in [-0.39, 0.29) is 11.7 Å². The lowest BCUT2D eigenvalue weighted by Gasteiger charge is -2.30. The van der Waals surface area contributed by atoms with Gasteiger partial charge in [-0.05, 0) is 30.5 Å². The largest absolute Gasteiger partial charge is 0.354 e. The number of likely N-dealkylation sites (tertiary alicyclic amines) is 1. The molecule has 2 saturated heterocycles. The van der Waals surface area contributed by atoms with E-state index in [1.807, 2.05) is 0 Å². The van der Waals surface area contributed by atoms with Crippen molar-refractivity contribution in [2.75, 3.05) is 44.7 Å². The first-order valence-electron chi connectivity index (χ1n) is 9.85. The van der Waals surface area contributed by atoms with E-state index in [4.69, 9.17) is 0 Å². The molecule has 0 aromatic carbocycles. The van der Waals surface area contributed by atoms with Crippen LogP contribution in [-0.4, -0.2) is 71.5 Å². The lowest BCUT2D eigenvalue weighted by Crippen LogP contribution is -2.44. The molecule has 1 amide bonds. The van der Waals surface area contributed by atoms with Gasteiger partial charge in [0.05, 0.1) is 5.69 Å². The number of hydrogen-bond donors (Lipinski definition) is 0. The minimum absolute atomic E-state index is 0.329. The van der Waals surface area contributed by atoms with E-state index in [9.17, 15) is 9.59 Å². The minimum atomic E-state index is -0.653. The summed E-state index contributed by atoms with van der Waals surface area (Å²) in [6.45, 7) is 10.7. The third-order valence-corrected chi connectivity index (χ3v) is 6.08. The zero-order valence-corrected chi connectivity index (χ0v) is 16.7. The highest BCUT2D eigenvalue weighted by atomic mass is 16.2. The van der Waals surface area contributed by atoms with Gasteiger partial charge in [-0.25, -0.2) is 0 Å². The normalized spacial score (nSPS) is 25.5. The summed E-state index contributed by atoms with van der Waals surface area (Å²) in [7, 11) is 2.19. The van der Waals surface area contributed by atoms with Crippen molar-refractivity contribution in [3.8, 4) is 0 Å². The molecule has 3 aliphatic rings. The van der Waals surface area contributed by atoms with Crippen molar-refractivity contribution in [3.05, 3.63) is 17.3 Å². The Hall–Kier alpha value is -2.02. The van der Waals surface area contributed by atoms with Gasteiger partial charge in [0.25, 0.3) is 5.91 Å². The first-order chi connectivity index (χ1) is 12.7. The fourth-order valence-electron chi connectivity index (χ4n) is 4.52. The molecule has 0 N–H and O–H groups in total. The van der Waals surface area contributed by atoms with E-state index in [0.717, 1.165) is 43.3 Å². The van der Waals surface area contributed by atoms with E-state index in [0.29, 0.717) is 31.3 Å². The van der Waals surface area contributed by atoms with Crippen molar-refractivity contribution in [2.45, 2.75) is 33.7 Å². The Balaban J connectivity index is 1.48. The Labute approximate surface area is 160 Å². The summed E-state index contributed by atoms with van der Waals surface area (Å²) >= 11 is 0. The number of rotatable bonds is 2. The molecule has 4 heterocycles. The van der Waals surface area contributed by atoms with Crippen molar-refractivity contribution >= 4 is 17.5 Å². The molecule has 0 spiro atoms. The molecule has 0 saturated carbocycles. The average Bonchev–Trinajstić information content (AvgIpc) is 3.16. The number of anilines is 1. The second-order valence-electron chi connectivity index (χ2n) is 9.38. The van der Waals surface area contributed by atoms with Gasteiger partial charge in [0, 0.05) is 51.1 Å². The van der Waals surface area contributed by atoms with Crippen LogP contribution in [0.15, 0.2) is 6.07 Å². The van der Waals surface area contributed by atoms with E-state index >= 15 is 0 Å². The van der Waals surface area contributed by atoms with E-state index < -0.39 is 5.41 Å². The van der Waals surface area contributed by atoms with Gasteiger partial charge >= 0.3 is 0 Å². The second kappa shape index (κ2) is 6.55. The number of amides is 1. The predicted molar refractivity (Wildman–Crippen MR) is 102 cm³/mol. The first-order valence-corrected chi connectivity index (χ1v) is 9.85. The highest BCUT2D eigenvalue weighted by Gasteiger charge is 2.39. The Bertz CT molecular complexity index is 758. The summed E-state index contributed by atoms with van der Waals surface area (Å²) in [6.07, 6.45) is 0.655. The molecular weight excluding hydrogens is 342 g/mol. The standard InChI is InChI=1S/C20H29N5O2/c1-20(2,3)18(26)19(27)24-6-5-16-13(10-24)7-17(22-21-16)25-11-14-8-23(4)9-15(14)12-25/h7,14-15H,5-6,8-12H2,1-4H3/t14-,15+. The maximum Gasteiger partial charge on any atom is 0.290 e. The van der Waals surface area contributed by atoms with Crippen LogP contribution in [0.1, 0.15) is 32.0 Å². The maximum absolute atomic E-state index is 12.6. The van der Waals surface area contributed by atoms with Crippen molar-refractivity contribution < 1.29 is 9.59 Å². The van der Waals surface area contributed by atoms with Gasteiger partial charge in [-0.3, -0.25) is 9.59 Å². The molecule has 3 aliphatic heterocycles. The molecule has 1 aromatic rings. The van der Waals surface area contributed by atoms with Gasteiger partial charge in [0.15, 0.2) is 5.82 Å². The van der Waals surface area contributed by atoms with Crippen molar-refractivity contribution in [2.24, 2.45) is 17.3 Å². The van der Waals surface area contributed by atoms with Gasteiger partial charge < -0.3 is 14.7 Å². The quantitative estimate of drug-likeness (QED) is 0.722. The molecule has 0 unspecified atom stereocenters. The third kappa shape index (κ3) is 3.45. The molecule has 4 rings (SSSR count). The zero-order valence-electron chi connectivity index (χ0n) is 16.7. The summed E-state index contributed by atoms with van der Waals surface area (Å²) in [5.41, 5.74) is 1.32. The molecule has 7 nitrogen and oxygen atoms in total. The fraction of sp³-hybridized carbons (Fsp3) is 0.700. The topological polar surface area (TPSA) is 69.6 Å². The van der Waals surface area contributed by atoms with Crippen molar-refractivity contribution in [1.29, 1.82) is 0 Å². The predicted octanol–water partition coefficient (Wildman–Crippen LogP) is 0.974. The lowest BCUT2D eigenvalue weighted by atomic mass is 9.89. The Morgan fingerprint density at radius 3 is 2.37 bits per heavy atom. The SMILES string of the molecule is CN1C[C@@H]2CN(c3cc4c(nn3)CCN(C(=O)C(=O)C(C)(C)C)C4)C[C@@H]2C1. The second-order valence-corrected chi connectivity index (χ2v) is 9.38. The Morgan fingerprint density at radius 2 is 1.74 bits per heavy atom. The minimum Gasteiger partial charge on any atom is -0.354 e. The highest BCUT2D eigenvalue weighted by Crippen LogP contribution is 2.33. The molecule has 0 aliphatic carbocycles. The van der Waals surface area contributed by atoms with Gasteiger partial charge in [0.1, 0.15) is 0 Å². The van der Waals surface area contributed by atoms with Crippen LogP contribution in [-0.2, 0) is 22.6 Å². The van der Waals surface area contributed by atoms with E-state index in [1.165, 1.54) is 0 Å². The molecule has 2 atom stereocenters. The number of carbonyl (C=O) groups excluding carboxylic acids is 2. The molecule has 27 heavy (non-hydrogen) atoms. The molecule has 146 valence electrons. The van der Waals surface area contributed by atoms with Crippen molar-refractivity contribution in [1.82, 2.24) is 20.0 Å². The summed E-state index contributed by atoms with van der Waals surface area (Å²) in [4.78, 5) is 31.3. The van der Waals surface area contributed by atoms with Crippen LogP contribution in [0, 0.1) is 17.3 Å². The maximum atomic E-state index is 12.6. The van der Waals surface area contributed by atoms with Gasteiger partial charge in [0.2, 0.25) is 5.78 Å². The summed E-state index contributed by atoms with van der Waals surface area (Å²) in [6, 6.07) is 2.08.